The van der Waals surface area contributed by atoms with Crippen molar-refractivity contribution < 1.29 is 9.59 Å². The molecule has 1 aliphatic carbocycles. The van der Waals surface area contributed by atoms with E-state index < -0.39 is 0 Å². The molecule has 0 atom stereocenters. The molecule has 28 heavy (non-hydrogen) atoms. The van der Waals surface area contributed by atoms with Gasteiger partial charge in [0.25, 0.3) is 5.91 Å². The first kappa shape index (κ1) is 17.9. The van der Waals surface area contributed by atoms with Gasteiger partial charge in [-0.05, 0) is 66.5 Å². The van der Waals surface area contributed by atoms with Crippen molar-refractivity contribution in [2.24, 2.45) is 0 Å². The number of carbonyl (C=O) groups is 2. The maximum absolute atomic E-state index is 13.1. The number of hydrogen-bond acceptors (Lipinski definition) is 4. The third kappa shape index (κ3) is 2.78. The van der Waals surface area contributed by atoms with E-state index in [9.17, 15) is 9.59 Å². The monoisotopic (exact) mass is 410 g/mol. The van der Waals surface area contributed by atoms with Crippen molar-refractivity contribution in [1.82, 2.24) is 10.2 Å². The molecule has 2 aromatic heterocycles. The molecule has 0 saturated carbocycles. The molecular formula is C22H22N2O2S2. The summed E-state index contributed by atoms with van der Waals surface area (Å²) in [5.74, 6) is 0.204. The average molecular weight is 411 g/mol. The highest BCUT2D eigenvalue weighted by Crippen LogP contribution is 2.40. The Bertz CT molecular complexity index is 1050. The number of nitrogens with zero attached hydrogens (tertiary/aromatic N) is 1. The highest BCUT2D eigenvalue weighted by atomic mass is 32.1. The number of nitrogens with one attached hydrogen (secondary N) is 1. The average Bonchev–Trinajstić information content (AvgIpc) is 3.27. The minimum absolute atomic E-state index is 0.0954. The number of amides is 2. The van der Waals surface area contributed by atoms with E-state index in [1.165, 1.54) is 26.5 Å². The predicted molar refractivity (Wildman–Crippen MR) is 116 cm³/mol. The number of allylic oxidation sites excluding steroid dienone is 2. The van der Waals surface area contributed by atoms with Crippen molar-refractivity contribution >= 4 is 52.2 Å². The van der Waals surface area contributed by atoms with Crippen LogP contribution in [-0.4, -0.2) is 35.3 Å². The highest BCUT2D eigenvalue weighted by Gasteiger charge is 2.49. The molecule has 6 heteroatoms. The second kappa shape index (κ2) is 6.42. The van der Waals surface area contributed by atoms with Crippen LogP contribution in [0.25, 0.3) is 17.7 Å². The summed E-state index contributed by atoms with van der Waals surface area (Å²) in [4.78, 5) is 29.9. The van der Waals surface area contributed by atoms with Gasteiger partial charge in [-0.2, -0.15) is 0 Å². The molecule has 0 bridgehead atoms. The zero-order valence-corrected chi connectivity index (χ0v) is 17.6. The molecule has 4 heterocycles. The van der Waals surface area contributed by atoms with Crippen LogP contribution in [-0.2, 0) is 4.79 Å². The topological polar surface area (TPSA) is 49.4 Å². The number of rotatable bonds is 2. The van der Waals surface area contributed by atoms with E-state index in [-0.39, 0.29) is 17.4 Å². The van der Waals surface area contributed by atoms with Crippen LogP contribution in [0, 0.1) is 13.8 Å². The van der Waals surface area contributed by atoms with Gasteiger partial charge in [0.05, 0.1) is 10.4 Å². The first-order valence-electron chi connectivity index (χ1n) is 9.61. The lowest BCUT2D eigenvalue weighted by atomic mass is 9.88. The Hall–Kier alpha value is -2.18. The van der Waals surface area contributed by atoms with Crippen LogP contribution in [0.3, 0.4) is 0 Å². The minimum atomic E-state index is -0.168. The van der Waals surface area contributed by atoms with E-state index in [0.29, 0.717) is 19.5 Å². The van der Waals surface area contributed by atoms with Gasteiger partial charge in [-0.1, -0.05) is 12.2 Å². The van der Waals surface area contributed by atoms with E-state index >= 15 is 0 Å². The maximum atomic E-state index is 13.1. The van der Waals surface area contributed by atoms with E-state index in [4.69, 9.17) is 0 Å². The van der Waals surface area contributed by atoms with Gasteiger partial charge in [0.2, 0.25) is 5.91 Å². The van der Waals surface area contributed by atoms with Crippen molar-refractivity contribution in [2.45, 2.75) is 38.6 Å². The van der Waals surface area contributed by atoms with E-state index in [1.807, 2.05) is 4.90 Å². The number of fused-ring (bicyclic) bond motifs is 1. The number of thiophene rings is 2. The first-order valence-corrected chi connectivity index (χ1v) is 11.3. The Balaban J connectivity index is 1.43. The molecule has 1 spiro atoms. The summed E-state index contributed by atoms with van der Waals surface area (Å²) >= 11 is 3.38. The predicted octanol–water partition coefficient (Wildman–Crippen LogP) is 4.49. The molecule has 0 radical (unpaired) electrons. The highest BCUT2D eigenvalue weighted by molar-refractivity contribution is 7.15. The van der Waals surface area contributed by atoms with Crippen molar-refractivity contribution in [3.8, 4) is 0 Å². The normalized spacial score (nSPS) is 19.9. The smallest absolute Gasteiger partial charge is 0.264 e. The zero-order valence-electron chi connectivity index (χ0n) is 16.0. The van der Waals surface area contributed by atoms with Crippen molar-refractivity contribution in [2.75, 3.05) is 13.1 Å². The lowest BCUT2D eigenvalue weighted by molar-refractivity contribution is -0.120. The second-order valence-electron chi connectivity index (χ2n) is 8.03. The van der Waals surface area contributed by atoms with Gasteiger partial charge in [0, 0.05) is 29.3 Å². The third-order valence-corrected chi connectivity index (χ3v) is 8.34. The quantitative estimate of drug-likeness (QED) is 0.793. The number of likely N-dealkylation sites (tertiary alicyclic amines) is 1. The Morgan fingerprint density at radius 1 is 1.29 bits per heavy atom. The summed E-state index contributed by atoms with van der Waals surface area (Å²) < 4.78 is 0. The Morgan fingerprint density at radius 2 is 2.11 bits per heavy atom. The molecular weight excluding hydrogens is 388 g/mol. The fraction of sp³-hybridized carbons (Fsp3) is 0.364. The molecule has 144 valence electrons. The molecule has 0 aromatic carbocycles. The van der Waals surface area contributed by atoms with Crippen LogP contribution in [0.1, 0.15) is 55.4 Å². The number of carbonyl (C=O) groups excluding carboxylic acids is 2. The van der Waals surface area contributed by atoms with Crippen LogP contribution >= 0.6 is 22.7 Å². The van der Waals surface area contributed by atoms with Gasteiger partial charge in [-0.3, -0.25) is 9.59 Å². The third-order valence-electron chi connectivity index (χ3n) is 6.01. The molecule has 5 rings (SSSR count). The molecule has 2 amide bonds. The van der Waals surface area contributed by atoms with Crippen LogP contribution in [0.15, 0.2) is 17.5 Å². The summed E-state index contributed by atoms with van der Waals surface area (Å²) in [6.45, 7) is 5.46. The van der Waals surface area contributed by atoms with Crippen LogP contribution in [0.2, 0.25) is 0 Å². The SMILES string of the molecule is Cc1ccsc1C1=Cc2sc(C(=O)N3CC4(CCC(=O)N4)C3)c(C)c2C=CC1. The molecule has 2 aromatic rings. The van der Waals surface area contributed by atoms with Crippen molar-refractivity contribution in [3.63, 3.8) is 0 Å². The number of aryl methyl sites for hydroxylation is 1. The van der Waals surface area contributed by atoms with Crippen molar-refractivity contribution in [3.05, 3.63) is 48.8 Å². The van der Waals surface area contributed by atoms with Gasteiger partial charge in [0.15, 0.2) is 0 Å². The number of hydrogen-bond donors (Lipinski definition) is 1. The molecule has 2 aliphatic heterocycles. The standard InChI is InChI=1S/C22H22N2O2S2/c1-13-7-9-27-19(13)15-4-3-5-16-14(2)20(28-17(16)10-15)21(26)24-11-22(12-24)8-6-18(25)23-22/h3,5,7,9-10H,4,6,8,11-12H2,1-2H3,(H,23,25). The van der Waals surface area contributed by atoms with Crippen LogP contribution in [0.4, 0.5) is 0 Å². The summed E-state index contributed by atoms with van der Waals surface area (Å²) in [5, 5.41) is 5.19. The van der Waals surface area contributed by atoms with Gasteiger partial charge >= 0.3 is 0 Å². The molecule has 3 aliphatic rings. The lowest BCUT2D eigenvalue weighted by Crippen LogP contribution is -2.68. The van der Waals surface area contributed by atoms with E-state index in [2.05, 4.69) is 48.8 Å². The Kier molecular flexibility index (Phi) is 4.10. The first-order chi connectivity index (χ1) is 13.5. The second-order valence-corrected chi connectivity index (χ2v) is 10.0. The molecule has 2 saturated heterocycles. The fourth-order valence-corrected chi connectivity index (χ4v) is 6.62. The van der Waals surface area contributed by atoms with Crippen LogP contribution in [0.5, 0.6) is 0 Å². The fourth-order valence-electron chi connectivity index (χ4n) is 4.43. The molecule has 1 N–H and O–H groups in total. The van der Waals surface area contributed by atoms with Gasteiger partial charge in [0.1, 0.15) is 0 Å². The summed E-state index contributed by atoms with van der Waals surface area (Å²) in [6, 6.07) is 2.16. The van der Waals surface area contributed by atoms with Crippen molar-refractivity contribution in [1.29, 1.82) is 0 Å². The molecule has 0 unspecified atom stereocenters. The Morgan fingerprint density at radius 3 is 2.79 bits per heavy atom. The van der Waals surface area contributed by atoms with Gasteiger partial charge in [-0.25, -0.2) is 0 Å². The summed E-state index contributed by atoms with van der Waals surface area (Å²) in [7, 11) is 0. The van der Waals surface area contributed by atoms with Gasteiger partial charge in [-0.15, -0.1) is 22.7 Å². The molecule has 2 fully saturated rings. The maximum Gasteiger partial charge on any atom is 0.264 e. The summed E-state index contributed by atoms with van der Waals surface area (Å²) in [6.07, 6.45) is 8.97. The largest absolute Gasteiger partial charge is 0.347 e. The summed E-state index contributed by atoms with van der Waals surface area (Å²) in [5.41, 5.74) is 4.69. The van der Waals surface area contributed by atoms with Crippen LogP contribution < -0.4 is 5.32 Å². The van der Waals surface area contributed by atoms with E-state index in [1.54, 1.807) is 22.7 Å². The lowest BCUT2D eigenvalue weighted by Gasteiger charge is -2.47. The zero-order chi connectivity index (χ0) is 19.5. The molecule has 4 nitrogen and oxygen atoms in total. The Labute approximate surface area is 172 Å². The van der Waals surface area contributed by atoms with E-state index in [0.717, 1.165) is 23.3 Å². The minimum Gasteiger partial charge on any atom is -0.347 e. The van der Waals surface area contributed by atoms with Gasteiger partial charge < -0.3 is 10.2 Å².